The van der Waals surface area contributed by atoms with Gasteiger partial charge in [-0.05, 0) is 55.6 Å². The number of urea groups is 1. The number of hydrogen-bond acceptors (Lipinski definition) is 6. The summed E-state index contributed by atoms with van der Waals surface area (Å²) >= 11 is 0. The molecule has 4 N–H and O–H groups in total. The smallest absolute Gasteiger partial charge is 0.330 e. The van der Waals surface area contributed by atoms with Crippen LogP contribution in [0.4, 0.5) is 10.6 Å². The van der Waals surface area contributed by atoms with Gasteiger partial charge in [0.15, 0.2) is 0 Å². The molecule has 166 valence electrons. The maximum absolute atomic E-state index is 12.5. The van der Waals surface area contributed by atoms with Crippen molar-refractivity contribution in [1.29, 1.82) is 0 Å². The molecule has 2 aliphatic rings. The summed E-state index contributed by atoms with van der Waals surface area (Å²) in [6, 6.07) is 9.40. The van der Waals surface area contributed by atoms with Crippen LogP contribution < -0.4 is 22.1 Å². The van der Waals surface area contributed by atoms with Crippen molar-refractivity contribution in [3.8, 4) is 5.69 Å². The van der Waals surface area contributed by atoms with Crippen molar-refractivity contribution in [2.24, 2.45) is 11.7 Å². The van der Waals surface area contributed by atoms with E-state index in [1.165, 1.54) is 16.6 Å². The number of nitrogens with two attached hydrogens (primary N) is 1. The van der Waals surface area contributed by atoms with Crippen molar-refractivity contribution in [3.63, 3.8) is 0 Å². The monoisotopic (exact) mass is 425 g/mol. The van der Waals surface area contributed by atoms with Gasteiger partial charge in [-0.1, -0.05) is 12.1 Å². The summed E-state index contributed by atoms with van der Waals surface area (Å²) in [6.45, 7) is 6.83. The Hall–Kier alpha value is -2.75. The molecule has 2 aromatic rings. The molecule has 2 saturated heterocycles. The summed E-state index contributed by atoms with van der Waals surface area (Å²) in [5, 5.41) is 5.91. The average Bonchev–Trinajstić information content (AvgIpc) is 3.27. The van der Waals surface area contributed by atoms with Crippen LogP contribution in [0, 0.1) is 5.92 Å². The topological polar surface area (TPSA) is 109 Å². The average molecular weight is 426 g/mol. The van der Waals surface area contributed by atoms with Gasteiger partial charge in [0.1, 0.15) is 5.82 Å². The first kappa shape index (κ1) is 21.5. The van der Waals surface area contributed by atoms with Gasteiger partial charge >= 0.3 is 11.7 Å². The molecule has 3 heterocycles. The predicted octanol–water partition coefficient (Wildman–Crippen LogP) is 0.493. The van der Waals surface area contributed by atoms with E-state index in [1.54, 1.807) is 17.2 Å². The number of amides is 2. The Bertz CT molecular complexity index is 938. The van der Waals surface area contributed by atoms with E-state index in [1.807, 2.05) is 12.1 Å². The molecule has 0 bridgehead atoms. The summed E-state index contributed by atoms with van der Waals surface area (Å²) in [5.74, 6) is 0.897. The Labute approximate surface area is 182 Å². The third kappa shape index (κ3) is 5.49. The molecule has 0 aliphatic carbocycles. The second-order valence-electron chi connectivity index (χ2n) is 8.24. The van der Waals surface area contributed by atoms with Crippen molar-refractivity contribution in [2.75, 3.05) is 57.7 Å². The van der Waals surface area contributed by atoms with Crippen molar-refractivity contribution >= 4 is 11.8 Å². The van der Waals surface area contributed by atoms with Crippen LogP contribution in [0.1, 0.15) is 12.0 Å². The van der Waals surface area contributed by atoms with Crippen molar-refractivity contribution in [2.45, 2.75) is 12.8 Å². The largest absolute Gasteiger partial charge is 0.354 e. The Morgan fingerprint density at radius 2 is 1.94 bits per heavy atom. The van der Waals surface area contributed by atoms with Crippen LogP contribution in [0.25, 0.3) is 5.69 Å². The third-order valence-corrected chi connectivity index (χ3v) is 6.08. The third-order valence-electron chi connectivity index (χ3n) is 6.08. The van der Waals surface area contributed by atoms with E-state index in [-0.39, 0.29) is 11.8 Å². The van der Waals surface area contributed by atoms with Crippen LogP contribution in [0.2, 0.25) is 0 Å². The number of likely N-dealkylation sites (tertiary alicyclic amines) is 1. The Balaban J connectivity index is 1.34. The van der Waals surface area contributed by atoms with Gasteiger partial charge < -0.3 is 20.9 Å². The van der Waals surface area contributed by atoms with Crippen LogP contribution in [0.3, 0.4) is 0 Å². The number of nitrogens with one attached hydrogen (secondary N) is 2. The summed E-state index contributed by atoms with van der Waals surface area (Å²) in [7, 11) is 0. The first-order valence-electron chi connectivity index (χ1n) is 11.0. The lowest BCUT2D eigenvalue weighted by Gasteiger charge is -2.27. The highest BCUT2D eigenvalue weighted by Crippen LogP contribution is 2.16. The molecule has 1 aromatic carbocycles. The number of aromatic nitrogens is 2. The Morgan fingerprint density at radius 1 is 1.16 bits per heavy atom. The minimum Gasteiger partial charge on any atom is -0.330 e. The number of carbonyl (C=O) groups is 1. The molecule has 2 fully saturated rings. The maximum atomic E-state index is 12.5. The van der Waals surface area contributed by atoms with Crippen LogP contribution in [0.5, 0.6) is 0 Å². The number of piperazine rings is 1. The molecule has 0 spiro atoms. The number of carbonyl (C=O) groups excluding carboxylic acids is 1. The van der Waals surface area contributed by atoms with Crippen LogP contribution in [-0.2, 0) is 6.42 Å². The lowest BCUT2D eigenvalue weighted by molar-refractivity contribution is 0.204. The molecule has 1 aromatic heterocycles. The van der Waals surface area contributed by atoms with E-state index in [0.717, 1.165) is 51.4 Å². The van der Waals surface area contributed by atoms with Crippen molar-refractivity contribution < 1.29 is 4.79 Å². The molecule has 9 heteroatoms. The van der Waals surface area contributed by atoms with Crippen molar-refractivity contribution in [3.05, 3.63) is 52.6 Å². The highest BCUT2D eigenvalue weighted by molar-refractivity contribution is 5.88. The number of anilines is 1. The van der Waals surface area contributed by atoms with Crippen molar-refractivity contribution in [1.82, 2.24) is 24.7 Å². The van der Waals surface area contributed by atoms with Crippen LogP contribution in [0.15, 0.2) is 41.3 Å². The fraction of sp³-hybridized carbons (Fsp3) is 0.500. The second-order valence-corrected chi connectivity index (χ2v) is 8.24. The van der Waals surface area contributed by atoms with E-state index in [2.05, 4.69) is 32.7 Å². The highest BCUT2D eigenvalue weighted by Gasteiger charge is 2.20. The Kier molecular flexibility index (Phi) is 6.96. The minimum absolute atomic E-state index is 0.230. The molecular formula is C22H31N7O2. The van der Waals surface area contributed by atoms with E-state index in [0.29, 0.717) is 19.0 Å². The summed E-state index contributed by atoms with van der Waals surface area (Å²) in [6.07, 6.45) is 3.81. The molecule has 0 radical (unpaired) electrons. The van der Waals surface area contributed by atoms with Gasteiger partial charge in [0, 0.05) is 45.5 Å². The zero-order valence-electron chi connectivity index (χ0n) is 17.8. The van der Waals surface area contributed by atoms with Gasteiger partial charge in [-0.15, -0.1) is 0 Å². The molecule has 4 rings (SSSR count). The Morgan fingerprint density at radius 3 is 2.61 bits per heavy atom. The zero-order valence-corrected chi connectivity index (χ0v) is 17.8. The molecular weight excluding hydrogens is 394 g/mol. The number of benzene rings is 1. The maximum Gasteiger partial charge on any atom is 0.354 e. The normalized spacial score (nSPS) is 19.5. The number of rotatable bonds is 6. The van der Waals surface area contributed by atoms with E-state index >= 15 is 0 Å². The van der Waals surface area contributed by atoms with E-state index in [9.17, 15) is 9.59 Å². The van der Waals surface area contributed by atoms with Gasteiger partial charge in [-0.25, -0.2) is 9.59 Å². The number of nitrogens with zero attached hydrogens (tertiary/aromatic N) is 4. The summed E-state index contributed by atoms with van der Waals surface area (Å²) < 4.78 is 1.48. The van der Waals surface area contributed by atoms with E-state index in [4.69, 9.17) is 5.73 Å². The standard InChI is InChI=1S/C22H31N7O2/c23-15-18-6-11-27(16-18)10-5-17-1-3-19(4-2-17)29-12-7-20(26-22(29)31)25-21(30)28-13-8-24-9-14-28/h1-4,7,12,18,24H,5-6,8-11,13-16,23H2,(H,25,26,30,31)/t18-/m0/s1. The van der Waals surface area contributed by atoms with Gasteiger partial charge in [-0.2, -0.15) is 4.98 Å². The minimum atomic E-state index is -0.421. The summed E-state index contributed by atoms with van der Waals surface area (Å²) in [5.41, 5.74) is 7.34. The molecule has 2 amide bonds. The summed E-state index contributed by atoms with van der Waals surface area (Å²) in [4.78, 5) is 33.0. The second kappa shape index (κ2) is 10.0. The fourth-order valence-corrected chi connectivity index (χ4v) is 4.14. The SMILES string of the molecule is NC[C@@H]1CCN(CCc2ccc(-n3ccc(NC(=O)N4CCNCC4)nc3=O)cc2)C1. The first-order chi connectivity index (χ1) is 15.1. The lowest BCUT2D eigenvalue weighted by atomic mass is 10.1. The molecule has 2 aliphatic heterocycles. The molecule has 0 saturated carbocycles. The molecule has 0 unspecified atom stereocenters. The van der Waals surface area contributed by atoms with Gasteiger partial charge in [-0.3, -0.25) is 9.88 Å². The van der Waals surface area contributed by atoms with Crippen LogP contribution in [-0.4, -0.2) is 77.7 Å². The molecule has 1 atom stereocenters. The van der Waals surface area contributed by atoms with Crippen LogP contribution >= 0.6 is 0 Å². The zero-order chi connectivity index (χ0) is 21.6. The molecule has 9 nitrogen and oxygen atoms in total. The van der Waals surface area contributed by atoms with E-state index < -0.39 is 5.69 Å². The first-order valence-corrected chi connectivity index (χ1v) is 11.0. The van der Waals surface area contributed by atoms with Gasteiger partial charge in [0.25, 0.3) is 0 Å². The van der Waals surface area contributed by atoms with Gasteiger partial charge in [0.2, 0.25) is 0 Å². The predicted molar refractivity (Wildman–Crippen MR) is 121 cm³/mol. The lowest BCUT2D eigenvalue weighted by Crippen LogP contribution is -2.48. The fourth-order valence-electron chi connectivity index (χ4n) is 4.14. The molecule has 31 heavy (non-hydrogen) atoms. The van der Waals surface area contributed by atoms with Gasteiger partial charge in [0.05, 0.1) is 5.69 Å². The number of hydrogen-bond donors (Lipinski definition) is 3. The quantitative estimate of drug-likeness (QED) is 0.622. The highest BCUT2D eigenvalue weighted by atomic mass is 16.2.